The molecule has 0 radical (unpaired) electrons. The maximum atomic E-state index is 12.3. The molecule has 0 saturated heterocycles. The lowest BCUT2D eigenvalue weighted by Crippen LogP contribution is -2.18. The maximum absolute atomic E-state index is 12.3. The molecule has 0 fully saturated rings. The molecule has 8 heteroatoms. The van der Waals surface area contributed by atoms with E-state index in [1.165, 1.54) is 13.1 Å². The average molecular weight is 491 g/mol. The van der Waals surface area contributed by atoms with Crippen LogP contribution in [0.25, 0.3) is 0 Å². The van der Waals surface area contributed by atoms with Gasteiger partial charge < -0.3 is 10.1 Å². The average Bonchev–Trinajstić information content (AvgIpc) is 2.78. The van der Waals surface area contributed by atoms with Crippen molar-refractivity contribution in [3.05, 3.63) is 93.5 Å². The zero-order valence-corrected chi connectivity index (χ0v) is 18.7. The highest BCUT2D eigenvalue weighted by atomic mass is 79.9. The Kier molecular flexibility index (Phi) is 7.73. The zero-order chi connectivity index (χ0) is 22.9. The first-order valence-corrected chi connectivity index (χ1v) is 10.4. The number of carbonyl (C=O) groups excluding carboxylic acids is 2. The Balaban J connectivity index is 1.57. The molecule has 0 atom stereocenters. The van der Waals surface area contributed by atoms with E-state index < -0.39 is 5.91 Å². The van der Waals surface area contributed by atoms with Gasteiger partial charge in [-0.25, -0.2) is 5.43 Å². The molecule has 7 nitrogen and oxygen atoms in total. The monoisotopic (exact) mass is 490 g/mol. The number of nitrogens with zero attached hydrogens (tertiary/aromatic N) is 2. The Morgan fingerprint density at radius 2 is 1.91 bits per heavy atom. The standard InChI is InChI=1S/C24H19BrN4O3/c1-16(30)28-21-4-2-3-20(12-21)24(31)29-27-14-19-9-10-23(22(25)11-19)32-15-18-7-5-17(13-26)6-8-18/h2-12,14H,15H2,1H3,(H,28,30)(H,29,31)/b27-14-. The highest BCUT2D eigenvalue weighted by molar-refractivity contribution is 9.10. The Hall–Kier alpha value is -3.96. The third kappa shape index (κ3) is 6.52. The predicted octanol–water partition coefficient (Wildman–Crippen LogP) is 4.62. The van der Waals surface area contributed by atoms with E-state index in [0.29, 0.717) is 29.2 Å². The van der Waals surface area contributed by atoms with Crippen molar-refractivity contribution in [3.8, 4) is 11.8 Å². The van der Waals surface area contributed by atoms with Crippen LogP contribution >= 0.6 is 15.9 Å². The molecule has 0 bridgehead atoms. The Bertz CT molecular complexity index is 1200. The minimum absolute atomic E-state index is 0.213. The molecular weight excluding hydrogens is 472 g/mol. The van der Waals surface area contributed by atoms with Gasteiger partial charge in [0.15, 0.2) is 0 Å². The largest absolute Gasteiger partial charge is 0.488 e. The van der Waals surface area contributed by atoms with E-state index >= 15 is 0 Å². The third-order valence-corrected chi connectivity index (χ3v) is 4.88. The fraction of sp³-hybridized carbons (Fsp3) is 0.0833. The Morgan fingerprint density at radius 3 is 2.59 bits per heavy atom. The quantitative estimate of drug-likeness (QED) is 0.372. The summed E-state index contributed by atoms with van der Waals surface area (Å²) in [4.78, 5) is 23.4. The van der Waals surface area contributed by atoms with Crippen molar-refractivity contribution < 1.29 is 14.3 Å². The number of ether oxygens (including phenoxy) is 1. The number of nitrogens with one attached hydrogen (secondary N) is 2. The van der Waals surface area contributed by atoms with Gasteiger partial charge in [0.25, 0.3) is 5.91 Å². The third-order valence-electron chi connectivity index (χ3n) is 4.26. The summed E-state index contributed by atoms with van der Waals surface area (Å²) < 4.78 is 6.56. The van der Waals surface area contributed by atoms with Crippen LogP contribution in [0.15, 0.2) is 76.3 Å². The molecule has 32 heavy (non-hydrogen) atoms. The van der Waals surface area contributed by atoms with Crippen LogP contribution in [0.3, 0.4) is 0 Å². The molecule has 0 unspecified atom stereocenters. The lowest BCUT2D eigenvalue weighted by molar-refractivity contribution is -0.114. The number of carbonyl (C=O) groups is 2. The van der Waals surface area contributed by atoms with Gasteiger partial charge in [0.1, 0.15) is 12.4 Å². The van der Waals surface area contributed by atoms with Gasteiger partial charge in [-0.15, -0.1) is 0 Å². The van der Waals surface area contributed by atoms with Gasteiger partial charge in [-0.2, -0.15) is 10.4 Å². The predicted molar refractivity (Wildman–Crippen MR) is 125 cm³/mol. The van der Waals surface area contributed by atoms with E-state index in [1.54, 1.807) is 42.5 Å². The normalized spacial score (nSPS) is 10.4. The van der Waals surface area contributed by atoms with E-state index in [4.69, 9.17) is 10.00 Å². The van der Waals surface area contributed by atoms with Gasteiger partial charge in [0.05, 0.1) is 22.3 Å². The van der Waals surface area contributed by atoms with Gasteiger partial charge >= 0.3 is 0 Å². The summed E-state index contributed by atoms with van der Waals surface area (Å²) in [5.74, 6) is 0.0516. The summed E-state index contributed by atoms with van der Waals surface area (Å²) in [5, 5.41) is 15.5. The summed E-state index contributed by atoms with van der Waals surface area (Å²) >= 11 is 3.48. The molecule has 0 aliphatic rings. The van der Waals surface area contributed by atoms with Crippen LogP contribution in [0, 0.1) is 11.3 Å². The van der Waals surface area contributed by atoms with Gasteiger partial charge in [0.2, 0.25) is 5.91 Å². The number of amides is 2. The van der Waals surface area contributed by atoms with Gasteiger partial charge in [-0.1, -0.05) is 18.2 Å². The van der Waals surface area contributed by atoms with Crippen molar-refractivity contribution >= 4 is 39.6 Å². The molecule has 0 aliphatic heterocycles. The first-order valence-electron chi connectivity index (χ1n) is 9.57. The highest BCUT2D eigenvalue weighted by Gasteiger charge is 2.06. The van der Waals surface area contributed by atoms with Gasteiger partial charge in [0, 0.05) is 18.2 Å². The molecule has 0 spiro atoms. The second-order valence-electron chi connectivity index (χ2n) is 6.75. The van der Waals surface area contributed by atoms with Crippen molar-refractivity contribution in [1.29, 1.82) is 5.26 Å². The highest BCUT2D eigenvalue weighted by Crippen LogP contribution is 2.26. The lowest BCUT2D eigenvalue weighted by atomic mass is 10.1. The van der Waals surface area contributed by atoms with Crippen LogP contribution in [-0.2, 0) is 11.4 Å². The topological polar surface area (TPSA) is 104 Å². The van der Waals surface area contributed by atoms with Crippen molar-refractivity contribution in [3.63, 3.8) is 0 Å². The number of hydrazone groups is 1. The van der Waals surface area contributed by atoms with E-state index in [1.807, 2.05) is 24.3 Å². The summed E-state index contributed by atoms with van der Waals surface area (Å²) in [7, 11) is 0. The van der Waals surface area contributed by atoms with Crippen molar-refractivity contribution in [2.24, 2.45) is 5.10 Å². The minimum atomic E-state index is -0.394. The second-order valence-corrected chi connectivity index (χ2v) is 7.60. The van der Waals surface area contributed by atoms with Crippen LogP contribution in [0.1, 0.15) is 34.0 Å². The molecule has 0 heterocycles. The molecule has 2 N–H and O–H groups in total. The number of hydrogen-bond donors (Lipinski definition) is 2. The Morgan fingerprint density at radius 1 is 1.12 bits per heavy atom. The van der Waals surface area contributed by atoms with E-state index in [9.17, 15) is 9.59 Å². The van der Waals surface area contributed by atoms with Crippen LogP contribution in [0.5, 0.6) is 5.75 Å². The number of nitriles is 1. The number of anilines is 1. The fourth-order valence-electron chi connectivity index (χ4n) is 2.72. The first-order chi connectivity index (χ1) is 15.4. The Labute approximate surface area is 193 Å². The molecule has 160 valence electrons. The van der Waals surface area contributed by atoms with Crippen molar-refractivity contribution in [1.82, 2.24) is 5.43 Å². The molecular formula is C24H19BrN4O3. The van der Waals surface area contributed by atoms with E-state index in [2.05, 4.69) is 37.8 Å². The minimum Gasteiger partial charge on any atom is -0.488 e. The zero-order valence-electron chi connectivity index (χ0n) is 17.1. The fourth-order valence-corrected chi connectivity index (χ4v) is 3.23. The number of rotatable bonds is 7. The molecule has 0 aliphatic carbocycles. The van der Waals surface area contributed by atoms with Gasteiger partial charge in [-0.3, -0.25) is 9.59 Å². The van der Waals surface area contributed by atoms with Crippen LogP contribution in [0.4, 0.5) is 5.69 Å². The van der Waals surface area contributed by atoms with Crippen LogP contribution in [-0.4, -0.2) is 18.0 Å². The number of hydrogen-bond acceptors (Lipinski definition) is 5. The molecule has 3 rings (SSSR count). The summed E-state index contributed by atoms with van der Waals surface area (Å²) in [6.07, 6.45) is 1.52. The van der Waals surface area contributed by atoms with Gasteiger partial charge in [-0.05, 0) is 75.6 Å². The summed E-state index contributed by atoms with van der Waals surface area (Å²) in [6.45, 7) is 1.77. The number of benzene rings is 3. The van der Waals surface area contributed by atoms with Crippen LogP contribution < -0.4 is 15.5 Å². The number of halogens is 1. The van der Waals surface area contributed by atoms with Crippen molar-refractivity contribution in [2.45, 2.75) is 13.5 Å². The maximum Gasteiger partial charge on any atom is 0.271 e. The molecule has 3 aromatic rings. The molecule has 0 saturated carbocycles. The van der Waals surface area contributed by atoms with E-state index in [0.717, 1.165) is 15.6 Å². The molecule has 0 aromatic heterocycles. The van der Waals surface area contributed by atoms with E-state index in [-0.39, 0.29) is 5.91 Å². The first kappa shape index (κ1) is 22.7. The summed E-state index contributed by atoms with van der Waals surface area (Å²) in [6, 6.07) is 21.3. The SMILES string of the molecule is CC(=O)Nc1cccc(C(=O)N/N=C\c2ccc(OCc3ccc(C#N)cc3)c(Br)c2)c1. The molecule has 2 amide bonds. The molecule has 3 aromatic carbocycles. The second kappa shape index (κ2) is 10.9. The van der Waals surface area contributed by atoms with Crippen LogP contribution in [0.2, 0.25) is 0 Å². The summed E-state index contributed by atoms with van der Waals surface area (Å²) in [5.41, 5.74) is 5.69. The smallest absolute Gasteiger partial charge is 0.271 e. The lowest BCUT2D eigenvalue weighted by Gasteiger charge is -2.09. The van der Waals surface area contributed by atoms with Crippen molar-refractivity contribution in [2.75, 3.05) is 5.32 Å².